The van der Waals surface area contributed by atoms with Gasteiger partial charge in [0.1, 0.15) is 11.9 Å². The molecule has 2 nitrogen and oxygen atoms in total. The predicted molar refractivity (Wildman–Crippen MR) is 80.7 cm³/mol. The summed E-state index contributed by atoms with van der Waals surface area (Å²) in [5, 5.41) is 20.8. The van der Waals surface area contributed by atoms with E-state index in [9.17, 15) is 10.2 Å². The number of hydrogen-bond donors (Lipinski definition) is 2. The van der Waals surface area contributed by atoms with Crippen LogP contribution in [0.25, 0.3) is 0 Å². The zero-order valence-electron chi connectivity index (χ0n) is 10.4. The molecule has 0 radical (unpaired) electrons. The quantitative estimate of drug-likeness (QED) is 0.866. The van der Waals surface area contributed by atoms with Gasteiger partial charge < -0.3 is 10.2 Å². The van der Waals surface area contributed by atoms with Crippen LogP contribution < -0.4 is 0 Å². The van der Waals surface area contributed by atoms with E-state index in [4.69, 9.17) is 11.6 Å². The second kappa shape index (κ2) is 5.95. The predicted octanol–water partition coefficient (Wildman–Crippen LogP) is 4.45. The highest BCUT2D eigenvalue weighted by atomic mass is 79.9. The molecular formula is C15H14BrClO2. The van der Waals surface area contributed by atoms with E-state index in [2.05, 4.69) is 22.9 Å². The molecule has 0 heterocycles. The highest BCUT2D eigenvalue weighted by molar-refractivity contribution is 9.10. The fourth-order valence-electron chi connectivity index (χ4n) is 1.91. The molecule has 2 N–H and O–H groups in total. The normalized spacial score (nSPS) is 12.4. The first kappa shape index (κ1) is 14.4. The Morgan fingerprint density at radius 2 is 1.84 bits per heavy atom. The summed E-state index contributed by atoms with van der Waals surface area (Å²) in [7, 11) is 0. The van der Waals surface area contributed by atoms with Crippen LogP contribution in [0.4, 0.5) is 0 Å². The van der Waals surface area contributed by atoms with E-state index in [0.29, 0.717) is 15.1 Å². The van der Waals surface area contributed by atoms with Gasteiger partial charge in [0.25, 0.3) is 0 Å². The van der Waals surface area contributed by atoms with Gasteiger partial charge in [-0.05, 0) is 45.6 Å². The molecular weight excluding hydrogens is 328 g/mol. The van der Waals surface area contributed by atoms with Gasteiger partial charge in [-0.25, -0.2) is 0 Å². The van der Waals surface area contributed by atoms with Crippen molar-refractivity contribution < 1.29 is 10.2 Å². The van der Waals surface area contributed by atoms with Gasteiger partial charge in [0, 0.05) is 10.6 Å². The van der Waals surface area contributed by atoms with E-state index in [1.165, 1.54) is 5.56 Å². The van der Waals surface area contributed by atoms with Gasteiger partial charge in [-0.1, -0.05) is 42.8 Å². The molecule has 0 spiro atoms. The van der Waals surface area contributed by atoms with Crippen LogP contribution in [0.1, 0.15) is 29.7 Å². The third-order valence-corrected chi connectivity index (χ3v) is 3.88. The molecule has 0 amide bonds. The third-order valence-electron chi connectivity index (χ3n) is 3.06. The van der Waals surface area contributed by atoms with Crippen LogP contribution in [0, 0.1) is 0 Å². The summed E-state index contributed by atoms with van der Waals surface area (Å²) in [6.45, 7) is 2.07. The monoisotopic (exact) mass is 340 g/mol. The molecule has 0 aliphatic heterocycles. The molecule has 1 unspecified atom stereocenters. The number of rotatable bonds is 3. The molecule has 0 aliphatic rings. The molecule has 0 aromatic heterocycles. The Labute approximate surface area is 125 Å². The molecule has 19 heavy (non-hydrogen) atoms. The molecule has 4 heteroatoms. The average Bonchev–Trinajstić information content (AvgIpc) is 2.42. The maximum Gasteiger partial charge on any atom is 0.136 e. The number of aliphatic hydroxyl groups is 1. The molecule has 2 aromatic carbocycles. The van der Waals surface area contributed by atoms with Crippen LogP contribution in [0.15, 0.2) is 40.9 Å². The van der Waals surface area contributed by atoms with Crippen LogP contribution in [0.5, 0.6) is 5.75 Å². The van der Waals surface area contributed by atoms with E-state index in [-0.39, 0.29) is 5.75 Å². The lowest BCUT2D eigenvalue weighted by molar-refractivity contribution is 0.215. The van der Waals surface area contributed by atoms with Crippen LogP contribution in [-0.2, 0) is 6.42 Å². The van der Waals surface area contributed by atoms with E-state index in [1.807, 2.05) is 24.3 Å². The van der Waals surface area contributed by atoms with Gasteiger partial charge >= 0.3 is 0 Å². The first-order valence-electron chi connectivity index (χ1n) is 5.97. The lowest BCUT2D eigenvalue weighted by Gasteiger charge is -2.15. The van der Waals surface area contributed by atoms with Crippen molar-refractivity contribution in [1.29, 1.82) is 0 Å². The van der Waals surface area contributed by atoms with Gasteiger partial charge in [-0.2, -0.15) is 0 Å². The highest BCUT2D eigenvalue weighted by Gasteiger charge is 2.17. The fraction of sp³-hybridized carbons (Fsp3) is 0.200. The van der Waals surface area contributed by atoms with Crippen molar-refractivity contribution in [3.05, 3.63) is 62.6 Å². The summed E-state index contributed by atoms with van der Waals surface area (Å²) in [6.07, 6.45) is 0.0468. The molecule has 1 atom stereocenters. The molecule has 0 fully saturated rings. The van der Waals surface area contributed by atoms with Gasteiger partial charge in [0.05, 0.1) is 4.47 Å². The first-order chi connectivity index (χ1) is 9.02. The zero-order valence-corrected chi connectivity index (χ0v) is 12.7. The number of halogens is 2. The van der Waals surface area contributed by atoms with Crippen molar-refractivity contribution >= 4 is 27.5 Å². The Hall–Kier alpha value is -1.03. The second-order valence-corrected chi connectivity index (χ2v) is 5.61. The lowest BCUT2D eigenvalue weighted by Crippen LogP contribution is -2.00. The van der Waals surface area contributed by atoms with Crippen molar-refractivity contribution in [2.45, 2.75) is 19.4 Å². The molecule has 0 saturated carbocycles. The molecule has 0 saturated heterocycles. The van der Waals surface area contributed by atoms with Crippen LogP contribution in [-0.4, -0.2) is 10.2 Å². The van der Waals surface area contributed by atoms with E-state index in [1.54, 1.807) is 12.1 Å². The molecule has 2 rings (SSSR count). The Balaban J connectivity index is 2.40. The smallest absolute Gasteiger partial charge is 0.136 e. The Kier molecular flexibility index (Phi) is 4.50. The number of benzene rings is 2. The largest absolute Gasteiger partial charge is 0.506 e. The molecule has 100 valence electrons. The topological polar surface area (TPSA) is 40.5 Å². The SMILES string of the molecule is CCc1ccc(C(O)c2cc(Cl)cc(Br)c2O)cc1. The van der Waals surface area contributed by atoms with Gasteiger partial charge in [-0.15, -0.1) is 0 Å². The van der Waals surface area contributed by atoms with Crippen molar-refractivity contribution in [1.82, 2.24) is 0 Å². The lowest BCUT2D eigenvalue weighted by atomic mass is 9.99. The Morgan fingerprint density at radius 3 is 2.42 bits per heavy atom. The number of aryl methyl sites for hydroxylation is 1. The van der Waals surface area contributed by atoms with Crippen molar-refractivity contribution in [2.24, 2.45) is 0 Å². The van der Waals surface area contributed by atoms with Gasteiger partial charge in [0.15, 0.2) is 0 Å². The Morgan fingerprint density at radius 1 is 1.21 bits per heavy atom. The first-order valence-corrected chi connectivity index (χ1v) is 7.14. The number of hydrogen-bond acceptors (Lipinski definition) is 2. The Bertz CT molecular complexity index is 581. The van der Waals surface area contributed by atoms with Gasteiger partial charge in [0.2, 0.25) is 0 Å². The maximum absolute atomic E-state index is 10.3. The van der Waals surface area contributed by atoms with E-state index in [0.717, 1.165) is 12.0 Å². The number of phenolic OH excluding ortho intramolecular Hbond substituents is 1. The number of phenols is 1. The summed E-state index contributed by atoms with van der Waals surface area (Å²) >= 11 is 9.16. The molecule has 2 aromatic rings. The number of aromatic hydroxyl groups is 1. The van der Waals surface area contributed by atoms with Crippen LogP contribution in [0.3, 0.4) is 0 Å². The highest BCUT2D eigenvalue weighted by Crippen LogP contribution is 2.37. The zero-order chi connectivity index (χ0) is 14.0. The third kappa shape index (κ3) is 3.11. The fourth-order valence-corrected chi connectivity index (χ4v) is 2.74. The summed E-state index contributed by atoms with van der Waals surface area (Å²) < 4.78 is 0.472. The van der Waals surface area contributed by atoms with Crippen LogP contribution >= 0.6 is 27.5 Å². The average molecular weight is 342 g/mol. The summed E-state index contributed by atoms with van der Waals surface area (Å²) in [4.78, 5) is 0. The molecule has 0 aliphatic carbocycles. The second-order valence-electron chi connectivity index (χ2n) is 4.32. The van der Waals surface area contributed by atoms with E-state index >= 15 is 0 Å². The van der Waals surface area contributed by atoms with Crippen molar-refractivity contribution in [3.8, 4) is 5.75 Å². The summed E-state index contributed by atoms with van der Waals surface area (Å²) in [5.41, 5.74) is 2.32. The number of aliphatic hydroxyl groups excluding tert-OH is 1. The maximum atomic E-state index is 10.3. The minimum Gasteiger partial charge on any atom is -0.506 e. The minimum atomic E-state index is -0.902. The standard InChI is InChI=1S/C15H14BrClO2/c1-2-9-3-5-10(6-4-9)14(18)12-7-11(17)8-13(16)15(12)19/h3-8,14,18-19H,2H2,1H3. The van der Waals surface area contributed by atoms with Crippen molar-refractivity contribution in [3.63, 3.8) is 0 Å². The van der Waals surface area contributed by atoms with Crippen LogP contribution in [0.2, 0.25) is 5.02 Å². The summed E-state index contributed by atoms with van der Waals surface area (Å²) in [5.74, 6) is 0.0106. The molecule has 0 bridgehead atoms. The van der Waals surface area contributed by atoms with Gasteiger partial charge in [-0.3, -0.25) is 0 Å². The van der Waals surface area contributed by atoms with E-state index < -0.39 is 6.10 Å². The minimum absolute atomic E-state index is 0.0106. The summed E-state index contributed by atoms with van der Waals surface area (Å²) in [6, 6.07) is 10.8. The van der Waals surface area contributed by atoms with Crippen molar-refractivity contribution in [2.75, 3.05) is 0 Å².